The van der Waals surface area contributed by atoms with Gasteiger partial charge in [0.1, 0.15) is 19.3 Å². The summed E-state index contributed by atoms with van der Waals surface area (Å²) < 4.78 is 68.9. The molecule has 0 aromatic heterocycles. The lowest BCUT2D eigenvalue weighted by atomic mass is 9.99. The van der Waals surface area contributed by atoms with Crippen LogP contribution in [0.25, 0.3) is 0 Å². The van der Waals surface area contributed by atoms with E-state index in [0.29, 0.717) is 25.7 Å². The molecule has 5 unspecified atom stereocenters. The zero-order valence-electron chi connectivity index (χ0n) is 68.0. The quantitative estimate of drug-likeness (QED) is 0.0222. The lowest BCUT2D eigenvalue weighted by Gasteiger charge is -2.21. The molecule has 0 aliphatic heterocycles. The van der Waals surface area contributed by atoms with Gasteiger partial charge in [0.25, 0.3) is 0 Å². The highest BCUT2D eigenvalue weighted by Gasteiger charge is 2.30. The second-order valence-corrected chi connectivity index (χ2v) is 34.3. The van der Waals surface area contributed by atoms with E-state index in [-0.39, 0.29) is 25.7 Å². The maximum atomic E-state index is 13.1. The minimum Gasteiger partial charge on any atom is -0.462 e. The maximum absolute atomic E-state index is 13.1. The Morgan fingerprint density at radius 3 is 0.689 bits per heavy atom. The van der Waals surface area contributed by atoms with Crippen LogP contribution in [0.1, 0.15) is 434 Å². The molecule has 0 heterocycles. The van der Waals surface area contributed by atoms with Crippen LogP contribution < -0.4 is 0 Å². The second-order valence-electron chi connectivity index (χ2n) is 31.4. The fourth-order valence-corrected chi connectivity index (χ4v) is 14.4. The third kappa shape index (κ3) is 74.0. The fourth-order valence-electron chi connectivity index (χ4n) is 12.9. The van der Waals surface area contributed by atoms with E-state index in [1.807, 2.05) is 0 Å². The molecule has 0 aromatic carbocycles. The average molecular weight is 1510 g/mol. The lowest BCUT2D eigenvalue weighted by molar-refractivity contribution is -0.161. The van der Waals surface area contributed by atoms with E-state index in [0.717, 1.165) is 114 Å². The topological polar surface area (TPSA) is 237 Å². The molecule has 0 bridgehead atoms. The zero-order chi connectivity index (χ0) is 76.0. The van der Waals surface area contributed by atoms with E-state index >= 15 is 0 Å². The molecule has 0 rings (SSSR count). The first-order chi connectivity index (χ1) is 49.7. The first kappa shape index (κ1) is 101. The van der Waals surface area contributed by atoms with Crippen LogP contribution in [-0.4, -0.2) is 96.7 Å². The van der Waals surface area contributed by atoms with Crippen molar-refractivity contribution in [2.24, 2.45) is 23.7 Å². The summed E-state index contributed by atoms with van der Waals surface area (Å²) in [6, 6.07) is 0. The van der Waals surface area contributed by atoms with Gasteiger partial charge in [-0.05, 0) is 49.4 Å². The summed E-state index contributed by atoms with van der Waals surface area (Å²) in [4.78, 5) is 73.2. The molecule has 8 atom stereocenters. The summed E-state index contributed by atoms with van der Waals surface area (Å²) in [6.07, 6.45) is 60.8. The average Bonchev–Trinajstić information content (AvgIpc) is 0.917. The Labute approximate surface area is 632 Å². The molecule has 3 N–H and O–H groups in total. The predicted octanol–water partition coefficient (Wildman–Crippen LogP) is 25.2. The molecule has 0 saturated heterocycles. The maximum Gasteiger partial charge on any atom is 0.472 e. The Bertz CT molecular complexity index is 2010. The largest absolute Gasteiger partial charge is 0.472 e. The van der Waals surface area contributed by atoms with E-state index < -0.39 is 97.5 Å². The molecule has 17 nitrogen and oxygen atoms in total. The number of hydrogen-bond donors (Lipinski definition) is 3. The molecular weight excluding hydrogens is 1340 g/mol. The van der Waals surface area contributed by atoms with E-state index in [2.05, 4.69) is 55.4 Å². The molecule has 0 fully saturated rings. The molecule has 0 saturated carbocycles. The van der Waals surface area contributed by atoms with Gasteiger partial charge in [0.05, 0.1) is 26.4 Å². The molecule has 0 amide bonds. The smallest absolute Gasteiger partial charge is 0.462 e. The van der Waals surface area contributed by atoms with Gasteiger partial charge in [0, 0.05) is 25.7 Å². The van der Waals surface area contributed by atoms with Gasteiger partial charge < -0.3 is 33.8 Å². The summed E-state index contributed by atoms with van der Waals surface area (Å²) >= 11 is 0. The van der Waals surface area contributed by atoms with Crippen LogP contribution in [0.3, 0.4) is 0 Å². The molecule has 0 radical (unpaired) electrons. The Morgan fingerprint density at radius 1 is 0.272 bits per heavy atom. The van der Waals surface area contributed by atoms with Crippen LogP contribution in [-0.2, 0) is 65.4 Å². The van der Waals surface area contributed by atoms with Crippen molar-refractivity contribution >= 4 is 39.5 Å². The first-order valence-corrected chi connectivity index (χ1v) is 46.3. The van der Waals surface area contributed by atoms with Crippen molar-refractivity contribution in [3.63, 3.8) is 0 Å². The first-order valence-electron chi connectivity index (χ1n) is 43.3. The molecular formula is C84H164O17P2. The van der Waals surface area contributed by atoms with Crippen LogP contribution in [0.2, 0.25) is 0 Å². The number of ether oxygens (including phenoxy) is 4. The number of aliphatic hydroxyl groups excluding tert-OH is 1. The molecule has 0 aliphatic rings. The summed E-state index contributed by atoms with van der Waals surface area (Å²) in [7, 11) is -9.93. The van der Waals surface area contributed by atoms with Crippen LogP contribution in [0, 0.1) is 23.7 Å². The van der Waals surface area contributed by atoms with E-state index in [1.54, 1.807) is 0 Å². The number of phosphoric ester groups is 2. The minimum atomic E-state index is -4.97. The highest BCUT2D eigenvalue weighted by atomic mass is 31.2. The van der Waals surface area contributed by atoms with Gasteiger partial charge in [-0.2, -0.15) is 0 Å². The van der Waals surface area contributed by atoms with Crippen LogP contribution >= 0.6 is 15.6 Å². The standard InChI is InChI=1S/C84H164O17P2/c1-9-75(6)61-53-45-37-29-23-16-12-14-18-25-31-40-48-56-64-81(86)94-70-79(100-83(88)66-58-50-42-32-26-19-15-13-17-24-30-38-46-54-62-76(7)10-2)72-98-102(90,91)96-68-78(85)69-97-103(92,93)99-73-80(71-95-82(87)65-57-49-41-35-34-39-47-55-63-77(8)11-3)101-84(89)67-59-51-43-33-27-21-20-22-28-36-44-52-60-74(4)5/h74-80,85H,9-73H2,1-8H3,(H,90,91)(H,92,93)/t75?,76?,77?,78-,79-,80-/m1/s1. The van der Waals surface area contributed by atoms with Crippen molar-refractivity contribution in [3.8, 4) is 0 Å². The number of aliphatic hydroxyl groups is 1. The Hall–Kier alpha value is -1.94. The van der Waals surface area contributed by atoms with E-state index in [1.165, 1.54) is 238 Å². The third-order valence-electron chi connectivity index (χ3n) is 20.7. The van der Waals surface area contributed by atoms with Crippen molar-refractivity contribution in [1.82, 2.24) is 0 Å². The van der Waals surface area contributed by atoms with Gasteiger partial charge in [-0.1, -0.05) is 383 Å². The second kappa shape index (κ2) is 72.9. The van der Waals surface area contributed by atoms with Gasteiger partial charge in [-0.25, -0.2) is 9.13 Å². The molecule has 103 heavy (non-hydrogen) atoms. The summed E-state index contributed by atoms with van der Waals surface area (Å²) in [5, 5.41) is 10.7. The fraction of sp³-hybridized carbons (Fsp3) is 0.952. The Balaban J connectivity index is 5.28. The minimum absolute atomic E-state index is 0.106. The number of esters is 4. The highest BCUT2D eigenvalue weighted by molar-refractivity contribution is 7.47. The normalized spacial score (nSPS) is 14.8. The highest BCUT2D eigenvalue weighted by Crippen LogP contribution is 2.45. The SMILES string of the molecule is CCC(C)CCCCCCCCCCCCCCCCC(=O)OC[C@H](COP(=O)(O)OC[C@@H](O)COP(=O)(O)OC[C@@H](COC(=O)CCCCCCCCCCC(C)CC)OC(=O)CCCCCCCCCCCCCCC(C)C)OC(=O)CCCCCCCCCCCCCCCCC(C)CC. The van der Waals surface area contributed by atoms with Crippen molar-refractivity contribution in [2.45, 2.75) is 453 Å². The van der Waals surface area contributed by atoms with E-state index in [9.17, 15) is 43.2 Å². The van der Waals surface area contributed by atoms with Crippen molar-refractivity contribution in [3.05, 3.63) is 0 Å². The summed E-state index contributed by atoms with van der Waals surface area (Å²) in [5.41, 5.74) is 0. The monoisotopic (exact) mass is 1510 g/mol. The molecule has 0 spiro atoms. The molecule has 0 aliphatic carbocycles. The van der Waals surface area contributed by atoms with Gasteiger partial charge in [0.15, 0.2) is 12.2 Å². The molecule has 612 valence electrons. The summed E-state index contributed by atoms with van der Waals surface area (Å²) in [6.45, 7) is 14.4. The Kier molecular flexibility index (Phi) is 71.5. The number of carbonyl (C=O) groups excluding carboxylic acids is 4. The van der Waals surface area contributed by atoms with Gasteiger partial charge >= 0.3 is 39.5 Å². The number of unbranched alkanes of at least 4 members (excludes halogenated alkanes) is 44. The molecule has 19 heteroatoms. The summed E-state index contributed by atoms with van der Waals surface area (Å²) in [5.74, 6) is 1.14. The number of carbonyl (C=O) groups is 4. The van der Waals surface area contributed by atoms with Crippen molar-refractivity contribution < 1.29 is 80.2 Å². The number of hydrogen-bond acceptors (Lipinski definition) is 15. The zero-order valence-corrected chi connectivity index (χ0v) is 69.7. The Morgan fingerprint density at radius 2 is 0.466 bits per heavy atom. The van der Waals surface area contributed by atoms with Crippen LogP contribution in [0.15, 0.2) is 0 Å². The predicted molar refractivity (Wildman–Crippen MR) is 423 cm³/mol. The van der Waals surface area contributed by atoms with Gasteiger partial charge in [0.2, 0.25) is 0 Å². The van der Waals surface area contributed by atoms with E-state index in [4.69, 9.17) is 37.0 Å². The van der Waals surface area contributed by atoms with Gasteiger partial charge in [-0.15, -0.1) is 0 Å². The number of phosphoric acid groups is 2. The number of rotatable bonds is 81. The van der Waals surface area contributed by atoms with Gasteiger partial charge in [-0.3, -0.25) is 37.3 Å². The van der Waals surface area contributed by atoms with Crippen molar-refractivity contribution in [2.75, 3.05) is 39.6 Å². The lowest BCUT2D eigenvalue weighted by Crippen LogP contribution is -2.30. The third-order valence-corrected chi connectivity index (χ3v) is 22.6. The van der Waals surface area contributed by atoms with Crippen molar-refractivity contribution in [1.29, 1.82) is 0 Å². The van der Waals surface area contributed by atoms with Crippen LogP contribution in [0.4, 0.5) is 0 Å². The van der Waals surface area contributed by atoms with Crippen LogP contribution in [0.5, 0.6) is 0 Å². The molecule has 0 aromatic rings.